The number of benzene rings is 2. The number of fused-ring (bicyclic) bond motifs is 1. The van der Waals surface area contributed by atoms with Crippen molar-refractivity contribution in [2.75, 3.05) is 0 Å². The van der Waals surface area contributed by atoms with E-state index in [2.05, 4.69) is 6.92 Å². The van der Waals surface area contributed by atoms with Crippen molar-refractivity contribution in [3.8, 4) is 0 Å². The minimum atomic E-state index is 0.208. The summed E-state index contributed by atoms with van der Waals surface area (Å²) >= 11 is 6.13. The molecule has 0 aromatic heterocycles. The van der Waals surface area contributed by atoms with Gasteiger partial charge in [-0.3, -0.25) is 4.79 Å². The number of halogens is 1. The van der Waals surface area contributed by atoms with Gasteiger partial charge < -0.3 is 0 Å². The Morgan fingerprint density at radius 2 is 1.82 bits per heavy atom. The molecule has 0 spiro atoms. The zero-order valence-corrected chi connectivity index (χ0v) is 10.6. The molecule has 0 bridgehead atoms. The van der Waals surface area contributed by atoms with Gasteiger partial charge in [0.2, 0.25) is 0 Å². The van der Waals surface area contributed by atoms with Gasteiger partial charge in [0.05, 0.1) is 0 Å². The summed E-state index contributed by atoms with van der Waals surface area (Å²) in [7, 11) is 0. The van der Waals surface area contributed by atoms with E-state index in [0.29, 0.717) is 11.4 Å². The molecule has 2 aromatic carbocycles. The van der Waals surface area contributed by atoms with Crippen molar-refractivity contribution < 1.29 is 4.79 Å². The standard InChI is InChI=1S/C15H15ClO/c1-2-3-8-15(17)13-9-10-14(16)12-7-5-4-6-11(12)13/h4-7,9-10H,2-3,8H2,1H3. The van der Waals surface area contributed by atoms with Crippen molar-refractivity contribution >= 4 is 28.2 Å². The number of Topliss-reactive ketones (excluding diaryl/α,β-unsaturated/α-hetero) is 1. The molecule has 2 rings (SSSR count). The van der Waals surface area contributed by atoms with Gasteiger partial charge in [-0.1, -0.05) is 49.2 Å². The van der Waals surface area contributed by atoms with Gasteiger partial charge in [-0.15, -0.1) is 0 Å². The molecule has 0 saturated carbocycles. The fraction of sp³-hybridized carbons (Fsp3) is 0.267. The van der Waals surface area contributed by atoms with Gasteiger partial charge in [0.25, 0.3) is 0 Å². The summed E-state index contributed by atoms with van der Waals surface area (Å²) in [5, 5.41) is 2.62. The van der Waals surface area contributed by atoms with Gasteiger partial charge in [-0.05, 0) is 23.9 Å². The predicted octanol–water partition coefficient (Wildman–Crippen LogP) is 4.87. The molecule has 2 heteroatoms. The minimum Gasteiger partial charge on any atom is -0.294 e. The Kier molecular flexibility index (Phi) is 3.80. The van der Waals surface area contributed by atoms with E-state index in [1.54, 1.807) is 0 Å². The monoisotopic (exact) mass is 246 g/mol. The van der Waals surface area contributed by atoms with Crippen LogP contribution in [0.2, 0.25) is 5.02 Å². The van der Waals surface area contributed by atoms with E-state index < -0.39 is 0 Å². The third-order valence-corrected chi connectivity index (χ3v) is 3.26. The topological polar surface area (TPSA) is 17.1 Å². The van der Waals surface area contributed by atoms with E-state index in [0.717, 1.165) is 29.2 Å². The minimum absolute atomic E-state index is 0.208. The Balaban J connectivity index is 2.48. The predicted molar refractivity (Wildman–Crippen MR) is 72.8 cm³/mol. The molecule has 0 amide bonds. The normalized spacial score (nSPS) is 10.7. The molecular weight excluding hydrogens is 232 g/mol. The Labute approximate surface area is 106 Å². The summed E-state index contributed by atoms with van der Waals surface area (Å²) in [4.78, 5) is 12.1. The Bertz CT molecular complexity index is 546. The number of hydrogen-bond acceptors (Lipinski definition) is 1. The number of carbonyl (C=O) groups excluding carboxylic acids is 1. The molecule has 17 heavy (non-hydrogen) atoms. The van der Waals surface area contributed by atoms with Crippen LogP contribution in [-0.2, 0) is 0 Å². The van der Waals surface area contributed by atoms with Crippen LogP contribution in [0.25, 0.3) is 10.8 Å². The van der Waals surface area contributed by atoms with Crippen LogP contribution >= 0.6 is 11.6 Å². The third kappa shape index (κ3) is 2.50. The average Bonchev–Trinajstić information content (AvgIpc) is 2.37. The molecule has 2 aromatic rings. The highest BCUT2D eigenvalue weighted by Gasteiger charge is 2.10. The van der Waals surface area contributed by atoms with Crippen LogP contribution in [0.15, 0.2) is 36.4 Å². The van der Waals surface area contributed by atoms with Gasteiger partial charge in [0.15, 0.2) is 5.78 Å². The molecule has 0 heterocycles. The largest absolute Gasteiger partial charge is 0.294 e. The first-order valence-electron chi connectivity index (χ1n) is 5.94. The molecule has 0 unspecified atom stereocenters. The fourth-order valence-corrected chi connectivity index (χ4v) is 2.21. The van der Waals surface area contributed by atoms with Crippen molar-refractivity contribution in [1.29, 1.82) is 0 Å². The van der Waals surface area contributed by atoms with Crippen LogP contribution in [0.5, 0.6) is 0 Å². The van der Waals surface area contributed by atoms with Crippen molar-refractivity contribution in [3.05, 3.63) is 47.0 Å². The molecule has 0 radical (unpaired) electrons. The molecule has 88 valence electrons. The maximum Gasteiger partial charge on any atom is 0.163 e. The molecule has 0 saturated heterocycles. The summed E-state index contributed by atoms with van der Waals surface area (Å²) in [5.41, 5.74) is 0.790. The van der Waals surface area contributed by atoms with E-state index in [1.807, 2.05) is 36.4 Å². The van der Waals surface area contributed by atoms with E-state index in [4.69, 9.17) is 11.6 Å². The van der Waals surface area contributed by atoms with Crippen molar-refractivity contribution in [2.45, 2.75) is 26.2 Å². The lowest BCUT2D eigenvalue weighted by Crippen LogP contribution is -1.99. The highest BCUT2D eigenvalue weighted by atomic mass is 35.5. The van der Waals surface area contributed by atoms with E-state index in [1.165, 1.54) is 0 Å². The first-order chi connectivity index (χ1) is 8.24. The van der Waals surface area contributed by atoms with Gasteiger partial charge in [0.1, 0.15) is 0 Å². The van der Waals surface area contributed by atoms with Crippen molar-refractivity contribution in [1.82, 2.24) is 0 Å². The molecule has 0 fully saturated rings. The van der Waals surface area contributed by atoms with Crippen LogP contribution in [-0.4, -0.2) is 5.78 Å². The Hall–Kier alpha value is -1.34. The van der Waals surface area contributed by atoms with Gasteiger partial charge in [-0.25, -0.2) is 0 Å². The molecule has 1 nitrogen and oxygen atoms in total. The second kappa shape index (κ2) is 5.33. The zero-order valence-electron chi connectivity index (χ0n) is 9.87. The first kappa shape index (κ1) is 12.1. The van der Waals surface area contributed by atoms with Crippen LogP contribution < -0.4 is 0 Å². The molecule has 0 aliphatic heterocycles. The van der Waals surface area contributed by atoms with Crippen LogP contribution in [0.1, 0.15) is 36.5 Å². The van der Waals surface area contributed by atoms with Gasteiger partial charge >= 0.3 is 0 Å². The maximum absolute atomic E-state index is 12.1. The fourth-order valence-electron chi connectivity index (χ4n) is 1.98. The number of ketones is 1. The smallest absolute Gasteiger partial charge is 0.163 e. The van der Waals surface area contributed by atoms with E-state index in [9.17, 15) is 4.79 Å². The van der Waals surface area contributed by atoms with Gasteiger partial charge in [0, 0.05) is 22.4 Å². The summed E-state index contributed by atoms with van der Waals surface area (Å²) in [6, 6.07) is 11.4. The Morgan fingerprint density at radius 3 is 2.53 bits per heavy atom. The number of rotatable bonds is 4. The van der Waals surface area contributed by atoms with E-state index >= 15 is 0 Å². The van der Waals surface area contributed by atoms with Gasteiger partial charge in [-0.2, -0.15) is 0 Å². The van der Waals surface area contributed by atoms with E-state index in [-0.39, 0.29) is 5.78 Å². The van der Waals surface area contributed by atoms with Crippen LogP contribution in [0, 0.1) is 0 Å². The maximum atomic E-state index is 12.1. The summed E-state index contributed by atoms with van der Waals surface area (Å²) < 4.78 is 0. The zero-order chi connectivity index (χ0) is 12.3. The number of carbonyl (C=O) groups is 1. The van der Waals surface area contributed by atoms with Crippen LogP contribution in [0.4, 0.5) is 0 Å². The highest BCUT2D eigenvalue weighted by molar-refractivity contribution is 6.36. The SMILES string of the molecule is CCCCC(=O)c1ccc(Cl)c2ccccc12. The number of hydrogen-bond donors (Lipinski definition) is 0. The quantitative estimate of drug-likeness (QED) is 0.704. The van der Waals surface area contributed by atoms with Crippen molar-refractivity contribution in [2.24, 2.45) is 0 Å². The summed E-state index contributed by atoms with van der Waals surface area (Å²) in [6.07, 6.45) is 2.59. The molecule has 0 aliphatic carbocycles. The lowest BCUT2D eigenvalue weighted by Gasteiger charge is -2.06. The summed E-state index contributed by atoms with van der Waals surface area (Å²) in [6.45, 7) is 2.09. The third-order valence-electron chi connectivity index (χ3n) is 2.93. The number of unbranched alkanes of at least 4 members (excludes halogenated alkanes) is 1. The second-order valence-corrected chi connectivity index (χ2v) is 4.57. The van der Waals surface area contributed by atoms with Crippen molar-refractivity contribution in [3.63, 3.8) is 0 Å². The Morgan fingerprint density at radius 1 is 1.12 bits per heavy atom. The molecule has 0 aliphatic rings. The summed E-state index contributed by atoms with van der Waals surface area (Å²) in [5.74, 6) is 0.208. The molecule has 0 N–H and O–H groups in total. The lowest BCUT2D eigenvalue weighted by atomic mass is 9.99. The molecular formula is C15H15ClO. The molecule has 0 atom stereocenters. The lowest BCUT2D eigenvalue weighted by molar-refractivity contribution is 0.0981. The highest BCUT2D eigenvalue weighted by Crippen LogP contribution is 2.27. The average molecular weight is 247 g/mol. The van der Waals surface area contributed by atoms with Crippen LogP contribution in [0.3, 0.4) is 0 Å². The second-order valence-electron chi connectivity index (χ2n) is 4.17. The first-order valence-corrected chi connectivity index (χ1v) is 6.32.